The fourth-order valence-corrected chi connectivity index (χ4v) is 3.46. The lowest BCUT2D eigenvalue weighted by molar-refractivity contribution is 0.158. The molecule has 0 aromatic heterocycles. The number of nitrogens with zero attached hydrogens (tertiary/aromatic N) is 1. The lowest BCUT2D eigenvalue weighted by Gasteiger charge is -2.42. The van der Waals surface area contributed by atoms with Gasteiger partial charge in [-0.1, -0.05) is 32.8 Å². The van der Waals surface area contributed by atoms with Crippen molar-refractivity contribution in [2.24, 2.45) is 11.3 Å². The summed E-state index contributed by atoms with van der Waals surface area (Å²) < 4.78 is 13.4. The van der Waals surface area contributed by atoms with Gasteiger partial charge in [0.25, 0.3) is 0 Å². The molecule has 0 heterocycles. The molecule has 0 saturated heterocycles. The van der Waals surface area contributed by atoms with E-state index in [1.165, 1.54) is 31.7 Å². The molecule has 1 aromatic rings. The first-order valence-corrected chi connectivity index (χ1v) is 8.22. The molecule has 1 aliphatic carbocycles. The van der Waals surface area contributed by atoms with E-state index >= 15 is 0 Å². The number of hydrogen-bond donors (Lipinski definition) is 1. The zero-order valence-electron chi connectivity index (χ0n) is 13.7. The predicted molar refractivity (Wildman–Crippen MR) is 88.3 cm³/mol. The Kier molecular flexibility index (Phi) is 5.63. The second-order valence-corrected chi connectivity index (χ2v) is 6.80. The summed E-state index contributed by atoms with van der Waals surface area (Å²) in [4.78, 5) is 2.22. The second-order valence-electron chi connectivity index (χ2n) is 6.80. The summed E-state index contributed by atoms with van der Waals surface area (Å²) >= 11 is 0. The van der Waals surface area contributed by atoms with Crippen molar-refractivity contribution in [3.05, 3.63) is 30.1 Å². The first-order valence-electron chi connectivity index (χ1n) is 8.22. The highest BCUT2D eigenvalue weighted by Crippen LogP contribution is 2.39. The third-order valence-electron chi connectivity index (χ3n) is 4.91. The summed E-state index contributed by atoms with van der Waals surface area (Å²) in [5.74, 6) is 0.691. The van der Waals surface area contributed by atoms with Gasteiger partial charge in [0.05, 0.1) is 0 Å². The van der Waals surface area contributed by atoms with E-state index in [0.717, 1.165) is 31.2 Å². The number of nitrogens with one attached hydrogen (secondary N) is 1. The Hall–Kier alpha value is -1.09. The van der Waals surface area contributed by atoms with Crippen LogP contribution < -0.4 is 10.2 Å². The van der Waals surface area contributed by atoms with Crippen LogP contribution in [0.4, 0.5) is 10.1 Å². The van der Waals surface area contributed by atoms with Gasteiger partial charge in [-0.15, -0.1) is 0 Å². The molecule has 0 bridgehead atoms. The minimum absolute atomic E-state index is 0.155. The average Bonchev–Trinajstić information content (AvgIpc) is 2.48. The van der Waals surface area contributed by atoms with Crippen LogP contribution in [0, 0.1) is 17.2 Å². The van der Waals surface area contributed by atoms with Crippen molar-refractivity contribution < 1.29 is 4.39 Å². The van der Waals surface area contributed by atoms with Gasteiger partial charge < -0.3 is 10.2 Å². The molecular formula is C18H29FN2. The van der Waals surface area contributed by atoms with Gasteiger partial charge in [-0.05, 0) is 43.5 Å². The largest absolute Gasteiger partial charge is 0.374 e. The molecule has 21 heavy (non-hydrogen) atoms. The van der Waals surface area contributed by atoms with Gasteiger partial charge in [-0.3, -0.25) is 0 Å². The molecule has 1 aliphatic rings. The van der Waals surface area contributed by atoms with Gasteiger partial charge in [0.1, 0.15) is 5.82 Å². The molecule has 1 N–H and O–H groups in total. The van der Waals surface area contributed by atoms with Gasteiger partial charge in [0.15, 0.2) is 0 Å². The minimum atomic E-state index is -0.155. The first-order chi connectivity index (χ1) is 10.0. The van der Waals surface area contributed by atoms with Crippen molar-refractivity contribution in [2.45, 2.75) is 39.5 Å². The molecule has 118 valence electrons. The number of hydrogen-bond acceptors (Lipinski definition) is 2. The molecule has 1 fully saturated rings. The van der Waals surface area contributed by atoms with Gasteiger partial charge in [0.2, 0.25) is 0 Å². The van der Waals surface area contributed by atoms with E-state index in [1.807, 2.05) is 6.07 Å². The molecule has 0 amide bonds. The smallest absolute Gasteiger partial charge is 0.125 e. The quantitative estimate of drug-likeness (QED) is 0.850. The fraction of sp³-hybridized carbons (Fsp3) is 0.667. The van der Waals surface area contributed by atoms with Crippen LogP contribution in [0.25, 0.3) is 0 Å². The van der Waals surface area contributed by atoms with E-state index in [-0.39, 0.29) is 5.82 Å². The molecule has 2 rings (SSSR count). The SMILES string of the molecule is CCNCC1(CN(C)c2cccc(F)c2)CCC(C)CC1. The molecule has 1 aromatic carbocycles. The lowest BCUT2D eigenvalue weighted by atomic mass is 9.70. The summed E-state index contributed by atoms with van der Waals surface area (Å²) in [6.07, 6.45) is 5.15. The Morgan fingerprint density at radius 3 is 2.67 bits per heavy atom. The van der Waals surface area contributed by atoms with Crippen LogP contribution in [-0.2, 0) is 0 Å². The minimum Gasteiger partial charge on any atom is -0.374 e. The number of benzene rings is 1. The summed E-state index contributed by atoms with van der Waals surface area (Å²) in [7, 11) is 2.08. The summed E-state index contributed by atoms with van der Waals surface area (Å²) in [6.45, 7) is 7.59. The lowest BCUT2D eigenvalue weighted by Crippen LogP contribution is -2.45. The highest BCUT2D eigenvalue weighted by molar-refractivity contribution is 5.45. The van der Waals surface area contributed by atoms with Crippen molar-refractivity contribution in [1.82, 2.24) is 5.32 Å². The zero-order chi connectivity index (χ0) is 15.3. The van der Waals surface area contributed by atoms with Crippen molar-refractivity contribution in [1.29, 1.82) is 0 Å². The number of anilines is 1. The van der Waals surface area contributed by atoms with Crippen LogP contribution in [0.2, 0.25) is 0 Å². The van der Waals surface area contributed by atoms with E-state index < -0.39 is 0 Å². The molecule has 0 unspecified atom stereocenters. The van der Waals surface area contributed by atoms with Crippen molar-refractivity contribution in [3.8, 4) is 0 Å². The summed E-state index contributed by atoms with van der Waals surface area (Å²) in [6, 6.07) is 6.93. The van der Waals surface area contributed by atoms with Crippen LogP contribution in [0.1, 0.15) is 39.5 Å². The summed E-state index contributed by atoms with van der Waals surface area (Å²) in [5.41, 5.74) is 1.30. The normalized spacial score (nSPS) is 25.8. The van der Waals surface area contributed by atoms with Crippen molar-refractivity contribution in [2.75, 3.05) is 31.6 Å². The van der Waals surface area contributed by atoms with Crippen LogP contribution in [0.5, 0.6) is 0 Å². The maximum Gasteiger partial charge on any atom is 0.125 e. The average molecular weight is 292 g/mol. The second kappa shape index (κ2) is 7.26. The van der Waals surface area contributed by atoms with E-state index in [1.54, 1.807) is 12.1 Å². The first kappa shape index (κ1) is 16.3. The Balaban J connectivity index is 2.07. The Morgan fingerprint density at radius 2 is 2.05 bits per heavy atom. The van der Waals surface area contributed by atoms with Gasteiger partial charge >= 0.3 is 0 Å². The Morgan fingerprint density at radius 1 is 1.33 bits per heavy atom. The zero-order valence-corrected chi connectivity index (χ0v) is 13.7. The maximum absolute atomic E-state index is 13.4. The Bertz CT molecular complexity index is 433. The molecule has 0 aliphatic heterocycles. The molecule has 1 saturated carbocycles. The van der Waals surface area contributed by atoms with E-state index in [4.69, 9.17) is 0 Å². The van der Waals surface area contributed by atoms with E-state index in [0.29, 0.717) is 5.41 Å². The van der Waals surface area contributed by atoms with Crippen molar-refractivity contribution in [3.63, 3.8) is 0 Å². The molecule has 3 heteroatoms. The highest BCUT2D eigenvalue weighted by Gasteiger charge is 2.34. The monoisotopic (exact) mass is 292 g/mol. The van der Waals surface area contributed by atoms with Crippen LogP contribution in [0.3, 0.4) is 0 Å². The highest BCUT2D eigenvalue weighted by atomic mass is 19.1. The molecule has 0 atom stereocenters. The molecule has 0 radical (unpaired) electrons. The molecule has 0 spiro atoms. The van der Waals surface area contributed by atoms with Crippen molar-refractivity contribution >= 4 is 5.69 Å². The van der Waals surface area contributed by atoms with Gasteiger partial charge in [-0.2, -0.15) is 0 Å². The van der Waals surface area contributed by atoms with Crippen LogP contribution in [0.15, 0.2) is 24.3 Å². The van der Waals surface area contributed by atoms with E-state index in [9.17, 15) is 4.39 Å². The third-order valence-corrected chi connectivity index (χ3v) is 4.91. The Labute approximate surface area is 128 Å². The topological polar surface area (TPSA) is 15.3 Å². The van der Waals surface area contributed by atoms with Gasteiger partial charge in [0, 0.05) is 31.2 Å². The maximum atomic E-state index is 13.4. The standard InChI is InChI=1S/C18H29FN2/c1-4-20-13-18(10-8-15(2)9-11-18)14-21(3)17-7-5-6-16(19)12-17/h5-7,12,15,20H,4,8-11,13-14H2,1-3H3. The number of rotatable bonds is 6. The molecule has 2 nitrogen and oxygen atoms in total. The van der Waals surface area contributed by atoms with Crippen LogP contribution >= 0.6 is 0 Å². The molecular weight excluding hydrogens is 263 g/mol. The third kappa shape index (κ3) is 4.44. The van der Waals surface area contributed by atoms with E-state index in [2.05, 4.69) is 31.1 Å². The number of halogens is 1. The summed E-state index contributed by atoms with van der Waals surface area (Å²) in [5, 5.41) is 3.54. The van der Waals surface area contributed by atoms with Gasteiger partial charge in [-0.25, -0.2) is 4.39 Å². The fourth-order valence-electron chi connectivity index (χ4n) is 3.46. The predicted octanol–water partition coefficient (Wildman–Crippen LogP) is 4.07. The van der Waals surface area contributed by atoms with Crippen LogP contribution in [-0.4, -0.2) is 26.7 Å².